The van der Waals surface area contributed by atoms with Gasteiger partial charge in [-0.05, 0) is 51.9 Å². The summed E-state index contributed by atoms with van der Waals surface area (Å²) in [6.07, 6.45) is 1.00. The van der Waals surface area contributed by atoms with Gasteiger partial charge in [-0.25, -0.2) is 0 Å². The largest absolute Gasteiger partial charge is 0.492 e. The van der Waals surface area contributed by atoms with E-state index in [9.17, 15) is 0 Å². The zero-order chi connectivity index (χ0) is 16.4. The summed E-state index contributed by atoms with van der Waals surface area (Å²) in [5.74, 6) is 2.25. The van der Waals surface area contributed by atoms with Crippen molar-refractivity contribution in [2.45, 2.75) is 31.8 Å². The molecule has 0 saturated carbocycles. The molecule has 1 aliphatic heterocycles. The first-order chi connectivity index (χ1) is 10.9. The van der Waals surface area contributed by atoms with Gasteiger partial charge in [-0.2, -0.15) is 0 Å². The third-order valence-electron chi connectivity index (χ3n) is 4.14. The molecule has 1 unspecified atom stereocenters. The fourth-order valence-electron chi connectivity index (χ4n) is 3.01. The number of rotatable bonds is 5. The van der Waals surface area contributed by atoms with Crippen LogP contribution in [0, 0.1) is 0 Å². The maximum absolute atomic E-state index is 6.23. The molecule has 124 valence electrons. The lowest BCUT2D eigenvalue weighted by atomic mass is 9.83. The molecule has 2 aromatic rings. The number of benzene rings is 1. The Morgan fingerprint density at radius 2 is 2.13 bits per heavy atom. The van der Waals surface area contributed by atoms with Gasteiger partial charge >= 0.3 is 0 Å². The molecule has 0 radical (unpaired) electrons. The Hall–Kier alpha value is -1.52. The number of nitrogens with zero attached hydrogens (tertiary/aromatic N) is 1. The van der Waals surface area contributed by atoms with Crippen LogP contribution in [-0.4, -0.2) is 37.7 Å². The van der Waals surface area contributed by atoms with Crippen molar-refractivity contribution < 1.29 is 9.47 Å². The molecule has 1 aliphatic rings. The van der Waals surface area contributed by atoms with Crippen molar-refractivity contribution in [1.82, 2.24) is 4.90 Å². The van der Waals surface area contributed by atoms with Gasteiger partial charge in [0.05, 0.1) is 0 Å². The van der Waals surface area contributed by atoms with E-state index < -0.39 is 0 Å². The highest BCUT2D eigenvalue weighted by molar-refractivity contribution is 7.10. The molecule has 3 nitrogen and oxygen atoms in total. The Balaban J connectivity index is 1.85. The van der Waals surface area contributed by atoms with E-state index in [1.807, 2.05) is 31.5 Å². The summed E-state index contributed by atoms with van der Waals surface area (Å²) in [5.41, 5.74) is 1.11. The van der Waals surface area contributed by atoms with Crippen molar-refractivity contribution in [3.8, 4) is 11.5 Å². The molecule has 0 N–H and O–H groups in total. The van der Waals surface area contributed by atoms with Gasteiger partial charge in [0, 0.05) is 29.0 Å². The summed E-state index contributed by atoms with van der Waals surface area (Å²) < 4.78 is 12.1. The van der Waals surface area contributed by atoms with Crippen LogP contribution in [-0.2, 0) is 0 Å². The molecular formula is C19H25NO2S. The van der Waals surface area contributed by atoms with E-state index in [0.717, 1.165) is 24.5 Å². The number of hydrogen-bond donors (Lipinski definition) is 0. The average Bonchev–Trinajstić information content (AvgIpc) is 2.98. The molecule has 3 rings (SSSR count). The Bertz CT molecular complexity index is 649. The molecule has 0 fully saturated rings. The van der Waals surface area contributed by atoms with Gasteiger partial charge in [0.25, 0.3) is 0 Å². The first-order valence-electron chi connectivity index (χ1n) is 8.08. The van der Waals surface area contributed by atoms with Crippen LogP contribution in [0.25, 0.3) is 0 Å². The van der Waals surface area contributed by atoms with Crippen LogP contribution in [0.5, 0.6) is 11.5 Å². The topological polar surface area (TPSA) is 21.7 Å². The maximum Gasteiger partial charge on any atom is 0.127 e. The summed E-state index contributed by atoms with van der Waals surface area (Å²) in [6.45, 7) is 5.91. The molecular weight excluding hydrogens is 306 g/mol. The fraction of sp³-hybridized carbons (Fsp3) is 0.474. The third kappa shape index (κ3) is 3.88. The fourth-order valence-corrected chi connectivity index (χ4v) is 3.86. The number of ether oxygens (including phenoxy) is 2. The number of hydrogen-bond acceptors (Lipinski definition) is 4. The van der Waals surface area contributed by atoms with Gasteiger partial charge in [-0.3, -0.25) is 0 Å². The zero-order valence-corrected chi connectivity index (χ0v) is 15.2. The van der Waals surface area contributed by atoms with E-state index in [1.54, 1.807) is 0 Å². The summed E-state index contributed by atoms with van der Waals surface area (Å²) in [7, 11) is 4.10. The van der Waals surface area contributed by atoms with Crippen molar-refractivity contribution in [2.24, 2.45) is 0 Å². The number of thiophene rings is 1. The lowest BCUT2D eigenvalue weighted by Gasteiger charge is -2.37. The molecule has 0 aliphatic carbocycles. The van der Waals surface area contributed by atoms with Crippen LogP contribution in [0.1, 0.15) is 36.6 Å². The molecule has 1 aromatic carbocycles. The first-order valence-corrected chi connectivity index (χ1v) is 8.96. The lowest BCUT2D eigenvalue weighted by molar-refractivity contribution is 0.0774. The van der Waals surface area contributed by atoms with Crippen molar-refractivity contribution in [1.29, 1.82) is 0 Å². The molecule has 1 atom stereocenters. The summed E-state index contributed by atoms with van der Waals surface area (Å²) in [4.78, 5) is 3.52. The smallest absolute Gasteiger partial charge is 0.127 e. The maximum atomic E-state index is 6.23. The summed E-state index contributed by atoms with van der Waals surface area (Å²) >= 11 is 1.82. The monoisotopic (exact) mass is 331 g/mol. The molecule has 0 bridgehead atoms. The molecule has 4 heteroatoms. The molecule has 1 aromatic heterocycles. The van der Waals surface area contributed by atoms with Crippen LogP contribution in [0.4, 0.5) is 0 Å². The van der Waals surface area contributed by atoms with Gasteiger partial charge in [-0.1, -0.05) is 12.1 Å². The van der Waals surface area contributed by atoms with E-state index >= 15 is 0 Å². The minimum absolute atomic E-state index is 0.163. The predicted octanol–water partition coefficient (Wildman–Crippen LogP) is 4.38. The van der Waals surface area contributed by atoms with Crippen molar-refractivity contribution in [3.63, 3.8) is 0 Å². The normalized spacial score (nSPS) is 19.3. The first kappa shape index (κ1) is 16.3. The highest BCUT2D eigenvalue weighted by Crippen LogP contribution is 2.46. The van der Waals surface area contributed by atoms with Crippen molar-refractivity contribution in [3.05, 3.63) is 46.2 Å². The predicted molar refractivity (Wildman–Crippen MR) is 96.0 cm³/mol. The van der Waals surface area contributed by atoms with Gasteiger partial charge in [0.15, 0.2) is 0 Å². The lowest BCUT2D eigenvalue weighted by Crippen LogP contribution is -2.35. The molecule has 23 heavy (non-hydrogen) atoms. The van der Waals surface area contributed by atoms with Crippen LogP contribution in [0.3, 0.4) is 0 Å². The van der Waals surface area contributed by atoms with E-state index in [2.05, 4.69) is 48.4 Å². The van der Waals surface area contributed by atoms with Gasteiger partial charge in [0.2, 0.25) is 0 Å². The van der Waals surface area contributed by atoms with Crippen LogP contribution in [0.15, 0.2) is 35.7 Å². The third-order valence-corrected chi connectivity index (χ3v) is 5.12. The van der Waals surface area contributed by atoms with E-state index in [-0.39, 0.29) is 5.60 Å². The number of fused-ring (bicyclic) bond motifs is 1. The SMILES string of the molecule is CN(C)CCOc1ccc2c(c1)OC(C)(C)CC2c1cccs1. The molecule has 0 amide bonds. The van der Waals surface area contributed by atoms with E-state index in [0.29, 0.717) is 12.5 Å². The number of likely N-dealkylation sites (N-methyl/N-ethyl adjacent to an activating group) is 1. The standard InChI is InChI=1S/C19H25NO2S/c1-19(2)13-16(18-6-5-11-23-18)15-8-7-14(12-17(15)22-19)21-10-9-20(3)4/h5-8,11-12,16H,9-10,13H2,1-4H3. The second kappa shape index (κ2) is 6.54. The Morgan fingerprint density at radius 3 is 2.83 bits per heavy atom. The van der Waals surface area contributed by atoms with E-state index in [1.165, 1.54) is 10.4 Å². The average molecular weight is 331 g/mol. The van der Waals surface area contributed by atoms with Crippen LogP contribution < -0.4 is 9.47 Å². The highest BCUT2D eigenvalue weighted by Gasteiger charge is 2.35. The zero-order valence-electron chi connectivity index (χ0n) is 14.3. The Morgan fingerprint density at radius 1 is 1.30 bits per heavy atom. The molecule has 0 saturated heterocycles. The van der Waals surface area contributed by atoms with Crippen molar-refractivity contribution >= 4 is 11.3 Å². The van der Waals surface area contributed by atoms with Gasteiger partial charge < -0.3 is 14.4 Å². The van der Waals surface area contributed by atoms with Gasteiger partial charge in [0.1, 0.15) is 23.7 Å². The van der Waals surface area contributed by atoms with Gasteiger partial charge in [-0.15, -0.1) is 11.3 Å². The summed E-state index contributed by atoms with van der Waals surface area (Å²) in [6, 6.07) is 10.6. The van der Waals surface area contributed by atoms with Crippen LogP contribution in [0.2, 0.25) is 0 Å². The molecule has 2 heterocycles. The second-order valence-corrected chi connectivity index (χ2v) is 7.96. The van der Waals surface area contributed by atoms with Crippen LogP contribution >= 0.6 is 11.3 Å². The Labute approximate surface area is 142 Å². The minimum Gasteiger partial charge on any atom is -0.492 e. The second-order valence-electron chi connectivity index (χ2n) is 6.99. The van der Waals surface area contributed by atoms with Crippen molar-refractivity contribution in [2.75, 3.05) is 27.2 Å². The summed E-state index contributed by atoms with van der Waals surface area (Å²) in [5, 5.41) is 2.15. The highest BCUT2D eigenvalue weighted by atomic mass is 32.1. The molecule has 0 spiro atoms. The quantitative estimate of drug-likeness (QED) is 0.811. The minimum atomic E-state index is -0.163. The van der Waals surface area contributed by atoms with E-state index in [4.69, 9.17) is 9.47 Å². The Kier molecular flexibility index (Phi) is 4.64.